The molecule has 0 aromatic rings. The maximum atomic E-state index is 12.0. The predicted octanol–water partition coefficient (Wildman–Crippen LogP) is -0.223. The van der Waals surface area contributed by atoms with Gasteiger partial charge in [0.1, 0.15) is 11.8 Å². The first kappa shape index (κ1) is 17.4. The van der Waals surface area contributed by atoms with Crippen LogP contribution in [0, 0.1) is 11.8 Å². The van der Waals surface area contributed by atoms with Crippen molar-refractivity contribution < 1.29 is 38.1 Å². The van der Waals surface area contributed by atoms with E-state index in [9.17, 15) is 19.2 Å². The van der Waals surface area contributed by atoms with Crippen molar-refractivity contribution in [3.63, 3.8) is 0 Å². The molecule has 120 valence electrons. The lowest BCUT2D eigenvalue weighted by molar-refractivity contribution is -0.148. The number of methoxy groups -OCH3 is 4. The van der Waals surface area contributed by atoms with Gasteiger partial charge in [-0.25, -0.2) is 9.59 Å². The van der Waals surface area contributed by atoms with Crippen LogP contribution >= 0.6 is 0 Å². The second-order valence-electron chi connectivity index (χ2n) is 4.20. The third-order valence-electron chi connectivity index (χ3n) is 3.13. The molecule has 2 atom stereocenters. The van der Waals surface area contributed by atoms with Crippen molar-refractivity contribution in [1.29, 1.82) is 0 Å². The molecular formula is C14H16O8. The lowest BCUT2D eigenvalue weighted by Crippen LogP contribution is -2.34. The number of carbonyl (C=O) groups excluding carboxylic acids is 4. The lowest BCUT2D eigenvalue weighted by Gasteiger charge is -2.24. The van der Waals surface area contributed by atoms with Crippen molar-refractivity contribution in [2.75, 3.05) is 28.4 Å². The molecule has 0 bridgehead atoms. The van der Waals surface area contributed by atoms with E-state index in [2.05, 4.69) is 18.9 Å². The Morgan fingerprint density at radius 1 is 0.682 bits per heavy atom. The Morgan fingerprint density at radius 2 is 1.00 bits per heavy atom. The van der Waals surface area contributed by atoms with Gasteiger partial charge in [0.05, 0.1) is 39.6 Å². The Morgan fingerprint density at radius 3 is 1.23 bits per heavy atom. The minimum atomic E-state index is -1.17. The van der Waals surface area contributed by atoms with Gasteiger partial charge in [0, 0.05) is 0 Å². The molecule has 0 saturated carbocycles. The first-order valence-corrected chi connectivity index (χ1v) is 6.17. The average molecular weight is 312 g/mol. The van der Waals surface area contributed by atoms with Gasteiger partial charge in [0.15, 0.2) is 0 Å². The van der Waals surface area contributed by atoms with Crippen molar-refractivity contribution in [2.24, 2.45) is 11.8 Å². The minimum Gasteiger partial charge on any atom is -0.468 e. The summed E-state index contributed by atoms with van der Waals surface area (Å²) in [6.45, 7) is 0. The molecule has 1 aliphatic carbocycles. The molecule has 1 rings (SSSR count). The van der Waals surface area contributed by atoms with Crippen molar-refractivity contribution in [1.82, 2.24) is 0 Å². The van der Waals surface area contributed by atoms with E-state index in [1.807, 2.05) is 0 Å². The van der Waals surface area contributed by atoms with Gasteiger partial charge in [-0.15, -0.1) is 0 Å². The van der Waals surface area contributed by atoms with Crippen LogP contribution in [0.2, 0.25) is 0 Å². The largest absolute Gasteiger partial charge is 0.468 e. The highest BCUT2D eigenvalue weighted by Crippen LogP contribution is 2.32. The second kappa shape index (κ2) is 7.39. The maximum Gasteiger partial charge on any atom is 0.335 e. The van der Waals surface area contributed by atoms with Crippen molar-refractivity contribution in [2.45, 2.75) is 0 Å². The summed E-state index contributed by atoms with van der Waals surface area (Å²) in [5.41, 5.74) is -0.613. The predicted molar refractivity (Wildman–Crippen MR) is 71.2 cm³/mol. The highest BCUT2D eigenvalue weighted by molar-refractivity contribution is 6.08. The zero-order valence-electron chi connectivity index (χ0n) is 12.6. The molecule has 0 aromatic heterocycles. The van der Waals surface area contributed by atoms with Crippen molar-refractivity contribution in [3.8, 4) is 0 Å². The molecule has 0 fully saturated rings. The van der Waals surface area contributed by atoms with E-state index < -0.39 is 35.7 Å². The van der Waals surface area contributed by atoms with Crippen LogP contribution in [0.4, 0.5) is 0 Å². The summed E-state index contributed by atoms with van der Waals surface area (Å²) in [5.74, 6) is -5.77. The Bertz CT molecular complexity index is 509. The number of rotatable bonds is 4. The van der Waals surface area contributed by atoms with Gasteiger partial charge in [-0.3, -0.25) is 9.59 Å². The average Bonchev–Trinajstić information content (AvgIpc) is 2.57. The van der Waals surface area contributed by atoms with Crippen molar-refractivity contribution in [3.05, 3.63) is 23.3 Å². The fourth-order valence-corrected chi connectivity index (χ4v) is 2.09. The molecule has 8 nitrogen and oxygen atoms in total. The number of hydrogen-bond donors (Lipinski definition) is 0. The third-order valence-corrected chi connectivity index (χ3v) is 3.13. The molecular weight excluding hydrogens is 296 g/mol. The lowest BCUT2D eigenvalue weighted by atomic mass is 9.81. The SMILES string of the molecule is COC(=O)C1=C(C(=O)OC)C(C(=O)OC)C=CC1C(=O)OC. The van der Waals surface area contributed by atoms with Gasteiger partial charge < -0.3 is 18.9 Å². The van der Waals surface area contributed by atoms with Crippen LogP contribution < -0.4 is 0 Å². The van der Waals surface area contributed by atoms with Crippen LogP contribution in [0.1, 0.15) is 0 Å². The Labute approximate surface area is 126 Å². The Balaban J connectivity index is 3.55. The number of ether oxygens (including phenoxy) is 4. The maximum absolute atomic E-state index is 12.0. The molecule has 0 heterocycles. The summed E-state index contributed by atoms with van der Waals surface area (Å²) >= 11 is 0. The molecule has 0 N–H and O–H groups in total. The van der Waals surface area contributed by atoms with E-state index in [0.717, 1.165) is 28.4 Å². The summed E-state index contributed by atoms with van der Waals surface area (Å²) in [4.78, 5) is 47.6. The van der Waals surface area contributed by atoms with Gasteiger partial charge in [-0.1, -0.05) is 12.2 Å². The smallest absolute Gasteiger partial charge is 0.335 e. The molecule has 0 radical (unpaired) electrons. The van der Waals surface area contributed by atoms with Gasteiger partial charge in [0.2, 0.25) is 0 Å². The van der Waals surface area contributed by atoms with Crippen molar-refractivity contribution >= 4 is 23.9 Å². The van der Waals surface area contributed by atoms with Crippen LogP contribution in [0.15, 0.2) is 23.3 Å². The summed E-state index contributed by atoms with van der Waals surface area (Å²) < 4.78 is 18.4. The fourth-order valence-electron chi connectivity index (χ4n) is 2.09. The number of carbonyl (C=O) groups is 4. The summed E-state index contributed by atoms with van der Waals surface area (Å²) in [6, 6.07) is 0. The summed E-state index contributed by atoms with van der Waals surface area (Å²) in [6.07, 6.45) is 2.57. The molecule has 0 saturated heterocycles. The van der Waals surface area contributed by atoms with Crippen LogP contribution in [0.3, 0.4) is 0 Å². The molecule has 22 heavy (non-hydrogen) atoms. The molecule has 0 aliphatic heterocycles. The Kier molecular flexibility index (Phi) is 5.85. The molecule has 1 aliphatic rings. The van der Waals surface area contributed by atoms with Gasteiger partial charge in [-0.2, -0.15) is 0 Å². The molecule has 0 spiro atoms. The number of hydrogen-bond acceptors (Lipinski definition) is 8. The molecule has 8 heteroatoms. The van der Waals surface area contributed by atoms with E-state index in [4.69, 9.17) is 0 Å². The quantitative estimate of drug-likeness (QED) is 0.398. The normalized spacial score (nSPS) is 20.2. The van der Waals surface area contributed by atoms with Crippen LogP contribution in [0.25, 0.3) is 0 Å². The highest BCUT2D eigenvalue weighted by atomic mass is 16.5. The summed E-state index contributed by atoms with van der Waals surface area (Å²) in [7, 11) is 4.44. The molecule has 0 aromatic carbocycles. The Hall–Kier alpha value is -2.64. The van der Waals surface area contributed by atoms with Gasteiger partial charge >= 0.3 is 23.9 Å². The first-order valence-electron chi connectivity index (χ1n) is 6.17. The summed E-state index contributed by atoms with van der Waals surface area (Å²) in [5, 5.41) is 0. The molecule has 2 unspecified atom stereocenters. The highest BCUT2D eigenvalue weighted by Gasteiger charge is 2.41. The number of esters is 4. The second-order valence-corrected chi connectivity index (χ2v) is 4.20. The van der Waals surface area contributed by atoms with Crippen LogP contribution in [0.5, 0.6) is 0 Å². The van der Waals surface area contributed by atoms with E-state index in [0.29, 0.717) is 0 Å². The van der Waals surface area contributed by atoms with Crippen LogP contribution in [-0.4, -0.2) is 52.3 Å². The van der Waals surface area contributed by atoms with Crippen LogP contribution in [-0.2, 0) is 38.1 Å². The monoisotopic (exact) mass is 312 g/mol. The van der Waals surface area contributed by atoms with Gasteiger partial charge in [-0.05, 0) is 0 Å². The fraction of sp³-hybridized carbons (Fsp3) is 0.429. The standard InChI is InChI=1S/C14H16O8/c1-19-11(15)7-5-6-8(12(16)20-2)10(14(18)22-4)9(7)13(17)21-3/h5-8H,1-4H3. The van der Waals surface area contributed by atoms with E-state index in [-0.39, 0.29) is 11.1 Å². The van der Waals surface area contributed by atoms with E-state index in [1.165, 1.54) is 12.2 Å². The van der Waals surface area contributed by atoms with Gasteiger partial charge in [0.25, 0.3) is 0 Å². The topological polar surface area (TPSA) is 105 Å². The first-order chi connectivity index (χ1) is 10.4. The van der Waals surface area contributed by atoms with E-state index >= 15 is 0 Å². The molecule has 0 amide bonds. The zero-order valence-corrected chi connectivity index (χ0v) is 12.6. The minimum absolute atomic E-state index is 0.306. The van der Waals surface area contributed by atoms with E-state index in [1.54, 1.807) is 0 Å². The zero-order chi connectivity index (χ0) is 16.9. The third kappa shape index (κ3) is 3.16.